The molecule has 0 amide bonds. The van der Waals surface area contributed by atoms with Gasteiger partial charge in [-0.3, -0.25) is 9.71 Å². The summed E-state index contributed by atoms with van der Waals surface area (Å²) in [5, 5.41) is 6.60. The molecule has 3 N–H and O–H groups in total. The van der Waals surface area contributed by atoms with Crippen LogP contribution in [-0.4, -0.2) is 41.3 Å². The first kappa shape index (κ1) is 25.3. The molecule has 1 heterocycles. The number of hydrogen-bond acceptors (Lipinski definition) is 7. The third kappa shape index (κ3) is 5.45. The molecular weight excluding hydrogens is 458 g/mol. The van der Waals surface area contributed by atoms with Crippen LogP contribution in [0.1, 0.15) is 18.1 Å². The molecule has 2 aromatic carbocycles. The van der Waals surface area contributed by atoms with Crippen molar-refractivity contribution in [2.24, 2.45) is 5.14 Å². The number of halogens is 1. The van der Waals surface area contributed by atoms with E-state index in [2.05, 4.69) is 9.71 Å². The molecule has 0 saturated heterocycles. The van der Waals surface area contributed by atoms with Crippen molar-refractivity contribution in [2.75, 3.05) is 32.7 Å². The van der Waals surface area contributed by atoms with Crippen molar-refractivity contribution in [1.82, 2.24) is 4.98 Å². The quantitative estimate of drug-likeness (QED) is 0.478. The maximum absolute atomic E-state index is 11.7. The molecule has 3 rings (SSSR count). The fourth-order valence-electron chi connectivity index (χ4n) is 3.41. The molecule has 0 saturated carbocycles. The Bertz CT molecular complexity index is 1180. The van der Waals surface area contributed by atoms with Crippen LogP contribution in [0.5, 0.6) is 23.0 Å². The highest BCUT2D eigenvalue weighted by Crippen LogP contribution is 2.40. The number of fused-ring (bicyclic) bond motifs is 1. The number of methoxy groups -OCH3 is 3. The van der Waals surface area contributed by atoms with Crippen LogP contribution in [-0.2, 0) is 16.6 Å². The van der Waals surface area contributed by atoms with Crippen LogP contribution in [0, 0.1) is 0 Å². The minimum atomic E-state index is -4.01. The van der Waals surface area contributed by atoms with Gasteiger partial charge in [0, 0.05) is 17.8 Å². The number of nitrogens with one attached hydrogen (secondary N) is 1. The summed E-state index contributed by atoms with van der Waals surface area (Å²) in [7, 11) is 0.648. The highest BCUT2D eigenvalue weighted by Gasteiger charge is 2.17. The van der Waals surface area contributed by atoms with Gasteiger partial charge in [-0.25, -0.2) is 5.14 Å². The van der Waals surface area contributed by atoms with Crippen molar-refractivity contribution in [3.05, 3.63) is 47.8 Å². The van der Waals surface area contributed by atoms with Gasteiger partial charge < -0.3 is 18.9 Å². The van der Waals surface area contributed by atoms with Crippen LogP contribution >= 0.6 is 12.4 Å². The first-order valence-electron chi connectivity index (χ1n) is 9.43. The molecule has 0 aliphatic rings. The average molecular weight is 484 g/mol. The zero-order valence-corrected chi connectivity index (χ0v) is 19.8. The molecule has 0 fully saturated rings. The van der Waals surface area contributed by atoms with E-state index in [0.717, 1.165) is 16.5 Å². The number of rotatable bonds is 9. The third-order valence-corrected chi connectivity index (χ3v) is 5.14. The number of nitrogens with zero attached hydrogens (tertiary/aromatic N) is 1. The van der Waals surface area contributed by atoms with E-state index in [-0.39, 0.29) is 18.1 Å². The monoisotopic (exact) mass is 483 g/mol. The SMILES string of the molecule is CCOc1ccc2c(Cc3cc(OC)c(OC)c(OC)c3)cncc2c1NS(N)(=O)=O.Cl. The smallest absolute Gasteiger partial charge is 0.296 e. The van der Waals surface area contributed by atoms with E-state index in [1.807, 2.05) is 25.1 Å². The van der Waals surface area contributed by atoms with Gasteiger partial charge in [-0.05, 0) is 48.1 Å². The van der Waals surface area contributed by atoms with Gasteiger partial charge in [-0.2, -0.15) is 8.42 Å². The molecule has 0 unspecified atom stereocenters. The number of nitrogens with two attached hydrogens (primary N) is 1. The van der Waals surface area contributed by atoms with Gasteiger partial charge in [0.15, 0.2) is 11.5 Å². The fourth-order valence-corrected chi connectivity index (χ4v) is 3.90. The number of anilines is 1. The maximum Gasteiger partial charge on any atom is 0.296 e. The summed E-state index contributed by atoms with van der Waals surface area (Å²) in [6, 6.07) is 7.29. The zero-order valence-electron chi connectivity index (χ0n) is 18.2. The van der Waals surface area contributed by atoms with Gasteiger partial charge in [0.2, 0.25) is 5.75 Å². The standard InChI is InChI=1S/C21H25N3O6S.ClH/c1-5-30-17-7-6-15-14(11-23-12-16(15)20(17)24-31(22,25)26)8-13-9-18(27-2)21(29-4)19(10-13)28-3;/h6-7,9-12,24H,5,8H2,1-4H3,(H2,22,25,26);1H. The van der Waals surface area contributed by atoms with E-state index >= 15 is 0 Å². The second-order valence-electron chi connectivity index (χ2n) is 6.62. The molecule has 32 heavy (non-hydrogen) atoms. The Balaban J connectivity index is 0.00000363. The summed E-state index contributed by atoms with van der Waals surface area (Å²) in [4.78, 5) is 4.30. The number of pyridine rings is 1. The molecule has 0 radical (unpaired) electrons. The van der Waals surface area contributed by atoms with Crippen LogP contribution in [0.2, 0.25) is 0 Å². The summed E-state index contributed by atoms with van der Waals surface area (Å²) in [6.45, 7) is 2.17. The van der Waals surface area contributed by atoms with E-state index in [9.17, 15) is 8.42 Å². The summed E-state index contributed by atoms with van der Waals surface area (Å²) >= 11 is 0. The molecule has 0 aliphatic carbocycles. The second-order valence-corrected chi connectivity index (χ2v) is 7.92. The van der Waals surface area contributed by atoms with Gasteiger partial charge in [0.05, 0.1) is 27.9 Å². The maximum atomic E-state index is 11.7. The Labute approximate surface area is 193 Å². The van der Waals surface area contributed by atoms with Crippen LogP contribution in [0.15, 0.2) is 36.7 Å². The van der Waals surface area contributed by atoms with Gasteiger partial charge in [-0.15, -0.1) is 12.4 Å². The lowest BCUT2D eigenvalue weighted by Crippen LogP contribution is -2.22. The first-order chi connectivity index (χ1) is 14.8. The molecular formula is C21H26ClN3O6S. The fraction of sp³-hybridized carbons (Fsp3) is 0.286. The van der Waals surface area contributed by atoms with Gasteiger partial charge >= 0.3 is 0 Å². The van der Waals surface area contributed by atoms with Crippen molar-refractivity contribution in [3.63, 3.8) is 0 Å². The molecule has 0 aliphatic heterocycles. The highest BCUT2D eigenvalue weighted by atomic mass is 35.5. The van der Waals surface area contributed by atoms with Crippen molar-refractivity contribution in [1.29, 1.82) is 0 Å². The molecule has 0 bridgehead atoms. The van der Waals surface area contributed by atoms with Crippen molar-refractivity contribution >= 4 is 39.1 Å². The van der Waals surface area contributed by atoms with Gasteiger partial charge in [0.1, 0.15) is 11.4 Å². The largest absolute Gasteiger partial charge is 0.493 e. The lowest BCUT2D eigenvalue weighted by molar-refractivity contribution is 0.324. The molecule has 9 nitrogen and oxygen atoms in total. The summed E-state index contributed by atoms with van der Waals surface area (Å²) in [5.41, 5.74) is 2.02. The van der Waals surface area contributed by atoms with Crippen molar-refractivity contribution < 1.29 is 27.4 Å². The molecule has 1 aromatic heterocycles. The number of benzene rings is 2. The first-order valence-corrected chi connectivity index (χ1v) is 11.0. The predicted octanol–water partition coefficient (Wildman–Crippen LogP) is 3.29. The summed E-state index contributed by atoms with van der Waals surface area (Å²) in [5.74, 6) is 1.96. The minimum Gasteiger partial charge on any atom is -0.493 e. The molecule has 11 heteroatoms. The minimum absolute atomic E-state index is 0. The molecule has 0 spiro atoms. The van der Waals surface area contributed by atoms with Crippen molar-refractivity contribution in [3.8, 4) is 23.0 Å². The Morgan fingerprint density at radius 1 is 0.969 bits per heavy atom. The highest BCUT2D eigenvalue weighted by molar-refractivity contribution is 7.90. The summed E-state index contributed by atoms with van der Waals surface area (Å²) < 4.78 is 47.6. The normalized spacial score (nSPS) is 10.9. The Morgan fingerprint density at radius 3 is 2.16 bits per heavy atom. The Kier molecular flexibility index (Phi) is 8.37. The number of hydrogen-bond donors (Lipinski definition) is 2. The molecule has 3 aromatic rings. The van der Waals surface area contributed by atoms with E-state index in [4.69, 9.17) is 24.1 Å². The zero-order chi connectivity index (χ0) is 22.6. The molecule has 0 atom stereocenters. The summed E-state index contributed by atoms with van der Waals surface area (Å²) in [6.07, 6.45) is 3.79. The average Bonchev–Trinajstić information content (AvgIpc) is 2.74. The van der Waals surface area contributed by atoms with Crippen LogP contribution in [0.4, 0.5) is 5.69 Å². The van der Waals surface area contributed by atoms with Crippen LogP contribution in [0.25, 0.3) is 10.8 Å². The van der Waals surface area contributed by atoms with Crippen LogP contribution in [0.3, 0.4) is 0 Å². The third-order valence-electron chi connectivity index (χ3n) is 4.65. The van der Waals surface area contributed by atoms with Crippen molar-refractivity contribution in [2.45, 2.75) is 13.3 Å². The lowest BCUT2D eigenvalue weighted by Gasteiger charge is -2.16. The predicted molar refractivity (Wildman–Crippen MR) is 126 cm³/mol. The number of aromatic nitrogens is 1. The lowest BCUT2D eigenvalue weighted by atomic mass is 9.99. The van der Waals surface area contributed by atoms with Gasteiger partial charge in [-0.1, -0.05) is 6.07 Å². The topological polar surface area (TPSA) is 122 Å². The number of ether oxygens (including phenoxy) is 4. The molecule has 174 valence electrons. The van der Waals surface area contributed by atoms with Crippen LogP contribution < -0.4 is 28.8 Å². The van der Waals surface area contributed by atoms with E-state index in [1.165, 1.54) is 0 Å². The van der Waals surface area contributed by atoms with Gasteiger partial charge in [0.25, 0.3) is 10.2 Å². The van der Waals surface area contributed by atoms with E-state index in [0.29, 0.717) is 41.4 Å². The second kappa shape index (κ2) is 10.6. The van der Waals surface area contributed by atoms with E-state index in [1.54, 1.807) is 39.8 Å². The van der Waals surface area contributed by atoms with E-state index < -0.39 is 10.2 Å². The Hall–Kier alpha value is -2.95. The Morgan fingerprint density at radius 2 is 1.62 bits per heavy atom.